The molecule has 0 aliphatic rings. The summed E-state index contributed by atoms with van der Waals surface area (Å²) < 4.78 is 6.40. The summed E-state index contributed by atoms with van der Waals surface area (Å²) in [7, 11) is 1.73. The second-order valence-electron chi connectivity index (χ2n) is 6.42. The van der Waals surface area contributed by atoms with Crippen LogP contribution in [0.2, 0.25) is 18.3 Å². The third-order valence-electron chi connectivity index (χ3n) is 4.57. The van der Waals surface area contributed by atoms with E-state index in [-0.39, 0.29) is 5.69 Å². The fraction of sp³-hybridized carbons (Fsp3) is 0.765. The van der Waals surface area contributed by atoms with Crippen molar-refractivity contribution < 1.29 is 0 Å². The normalized spacial score (nSPS) is 11.9. The van der Waals surface area contributed by atoms with Crippen molar-refractivity contribution in [2.75, 3.05) is 0 Å². The van der Waals surface area contributed by atoms with E-state index in [1.54, 1.807) is 13.2 Å². The molecule has 5 heteroatoms. The van der Waals surface area contributed by atoms with Gasteiger partial charge in [0.05, 0.1) is 0 Å². The van der Waals surface area contributed by atoms with Crippen LogP contribution >= 0.6 is 11.6 Å². The first-order valence-electron chi connectivity index (χ1n) is 8.74. The number of nitrogens with zero attached hydrogens (tertiary/aromatic N) is 2. The molecular formula is C17H31ClN2OSn. The zero-order chi connectivity index (χ0) is 16.6. The Morgan fingerprint density at radius 3 is 1.91 bits per heavy atom. The maximum absolute atomic E-state index is 12.1. The SMILES string of the molecule is CCC[CH2][Sn]([CH2]CCC)([CH2]CCC)[c]1nc(=O)n(C)cc1Cl. The molecule has 0 N–H and O–H groups in total. The Balaban J connectivity index is 3.30. The number of hydrogen-bond acceptors (Lipinski definition) is 2. The summed E-state index contributed by atoms with van der Waals surface area (Å²) in [5, 5.41) is 0.737. The third kappa shape index (κ3) is 5.26. The van der Waals surface area contributed by atoms with Crippen molar-refractivity contribution in [1.29, 1.82) is 0 Å². The number of hydrogen-bond donors (Lipinski definition) is 0. The minimum atomic E-state index is -2.69. The van der Waals surface area contributed by atoms with Gasteiger partial charge < -0.3 is 0 Å². The first-order valence-corrected chi connectivity index (χ1v) is 16.6. The van der Waals surface area contributed by atoms with Gasteiger partial charge in [-0.25, -0.2) is 0 Å². The summed E-state index contributed by atoms with van der Waals surface area (Å²) in [5.41, 5.74) is -0.148. The molecule has 0 unspecified atom stereocenters. The molecule has 0 amide bonds. The van der Waals surface area contributed by atoms with Crippen LogP contribution in [0.3, 0.4) is 0 Å². The Labute approximate surface area is 144 Å². The summed E-state index contributed by atoms with van der Waals surface area (Å²) in [5.74, 6) is 0. The molecule has 1 heterocycles. The van der Waals surface area contributed by atoms with E-state index in [2.05, 4.69) is 25.8 Å². The monoisotopic (exact) mass is 434 g/mol. The Morgan fingerprint density at radius 2 is 1.50 bits per heavy atom. The summed E-state index contributed by atoms with van der Waals surface area (Å²) in [6, 6.07) is 0. The average Bonchev–Trinajstić information content (AvgIpc) is 2.51. The van der Waals surface area contributed by atoms with Gasteiger partial charge >= 0.3 is 145 Å². The van der Waals surface area contributed by atoms with Gasteiger partial charge in [0.1, 0.15) is 0 Å². The van der Waals surface area contributed by atoms with Crippen molar-refractivity contribution in [1.82, 2.24) is 9.55 Å². The van der Waals surface area contributed by atoms with Gasteiger partial charge in [-0.3, -0.25) is 0 Å². The zero-order valence-corrected chi connectivity index (χ0v) is 18.2. The second kappa shape index (κ2) is 9.96. The summed E-state index contributed by atoms with van der Waals surface area (Å²) in [6.45, 7) is 6.74. The fourth-order valence-corrected chi connectivity index (χ4v) is 20.3. The van der Waals surface area contributed by atoms with Crippen LogP contribution in [-0.2, 0) is 7.05 Å². The molecule has 1 aromatic rings. The Kier molecular flexibility index (Phi) is 9.06. The standard InChI is InChI=1S/C5H4ClN2O.3C4H9.Sn/c1-8-3-4(6)2-7-5(8)9;3*1-3-4-2;/h3H,1H3;3*1,3-4H2,2H3;. The van der Waals surface area contributed by atoms with Crippen molar-refractivity contribution in [3.63, 3.8) is 0 Å². The summed E-state index contributed by atoms with van der Waals surface area (Å²) in [4.78, 5) is 16.6. The van der Waals surface area contributed by atoms with Crippen LogP contribution in [0.5, 0.6) is 0 Å². The van der Waals surface area contributed by atoms with Crippen molar-refractivity contribution in [2.24, 2.45) is 7.05 Å². The number of rotatable bonds is 10. The molecule has 0 radical (unpaired) electrons. The molecule has 0 spiro atoms. The van der Waals surface area contributed by atoms with Crippen molar-refractivity contribution in [2.45, 2.75) is 72.6 Å². The molecule has 0 aliphatic carbocycles. The quantitative estimate of drug-likeness (QED) is 0.510. The molecule has 0 bridgehead atoms. The number of halogens is 1. The third-order valence-corrected chi connectivity index (χ3v) is 20.5. The summed E-state index contributed by atoms with van der Waals surface area (Å²) in [6.07, 6.45) is 9.14. The molecule has 0 aliphatic heterocycles. The van der Waals surface area contributed by atoms with Gasteiger partial charge in [0.25, 0.3) is 0 Å². The predicted octanol–water partition coefficient (Wildman–Crippen LogP) is 4.49. The van der Waals surface area contributed by atoms with E-state index in [1.807, 2.05) is 0 Å². The molecule has 0 aromatic carbocycles. The predicted molar refractivity (Wildman–Crippen MR) is 99.0 cm³/mol. The second-order valence-corrected chi connectivity index (χ2v) is 19.8. The van der Waals surface area contributed by atoms with E-state index in [1.165, 1.54) is 56.4 Å². The molecule has 0 saturated carbocycles. The fourth-order valence-electron chi connectivity index (χ4n) is 3.16. The Morgan fingerprint density at radius 1 is 1.05 bits per heavy atom. The number of unbranched alkanes of at least 4 members (excludes halogenated alkanes) is 3. The van der Waals surface area contributed by atoms with Crippen LogP contribution in [0.15, 0.2) is 11.0 Å². The molecule has 0 saturated heterocycles. The van der Waals surface area contributed by atoms with E-state index >= 15 is 0 Å². The van der Waals surface area contributed by atoms with E-state index in [9.17, 15) is 4.79 Å². The molecule has 126 valence electrons. The minimum absolute atomic E-state index is 0.148. The molecule has 1 aromatic heterocycles. The van der Waals surface area contributed by atoms with Gasteiger partial charge in [0.2, 0.25) is 0 Å². The van der Waals surface area contributed by atoms with E-state index < -0.39 is 18.4 Å². The van der Waals surface area contributed by atoms with Crippen LogP contribution < -0.4 is 9.40 Å². The summed E-state index contributed by atoms with van der Waals surface area (Å²) >= 11 is 3.86. The van der Waals surface area contributed by atoms with Gasteiger partial charge in [-0.05, 0) is 0 Å². The average molecular weight is 434 g/mol. The molecule has 1 rings (SSSR count). The maximum atomic E-state index is 12.1. The van der Waals surface area contributed by atoms with Gasteiger partial charge in [-0.2, -0.15) is 0 Å². The zero-order valence-electron chi connectivity index (χ0n) is 14.6. The van der Waals surface area contributed by atoms with Crippen molar-refractivity contribution in [3.8, 4) is 0 Å². The topological polar surface area (TPSA) is 34.9 Å². The van der Waals surface area contributed by atoms with Crippen LogP contribution in [0.25, 0.3) is 0 Å². The van der Waals surface area contributed by atoms with Crippen molar-refractivity contribution in [3.05, 3.63) is 21.7 Å². The Bertz CT molecular complexity index is 494. The first kappa shape index (κ1) is 20.0. The number of aryl methyl sites for hydroxylation is 1. The van der Waals surface area contributed by atoms with E-state index in [4.69, 9.17) is 11.6 Å². The first-order chi connectivity index (χ1) is 10.5. The van der Waals surface area contributed by atoms with Crippen molar-refractivity contribution >= 4 is 33.7 Å². The number of aromatic nitrogens is 2. The molecule has 0 fully saturated rings. The van der Waals surface area contributed by atoms with Gasteiger partial charge in [-0.1, -0.05) is 0 Å². The van der Waals surface area contributed by atoms with E-state index in [0.717, 1.165) is 8.73 Å². The molecular weight excluding hydrogens is 402 g/mol. The Hall–Kier alpha value is -0.0313. The molecule has 0 atom stereocenters. The van der Waals surface area contributed by atoms with Crippen LogP contribution in [0.1, 0.15) is 59.3 Å². The van der Waals surface area contributed by atoms with Gasteiger partial charge in [0, 0.05) is 0 Å². The van der Waals surface area contributed by atoms with E-state index in [0.29, 0.717) is 0 Å². The van der Waals surface area contributed by atoms with Gasteiger partial charge in [0.15, 0.2) is 0 Å². The van der Waals surface area contributed by atoms with Crippen LogP contribution in [-0.4, -0.2) is 27.9 Å². The molecule has 3 nitrogen and oxygen atoms in total. The van der Waals surface area contributed by atoms with Crippen LogP contribution in [0.4, 0.5) is 0 Å². The van der Waals surface area contributed by atoms with Crippen LogP contribution in [0, 0.1) is 0 Å². The molecule has 22 heavy (non-hydrogen) atoms. The van der Waals surface area contributed by atoms with Gasteiger partial charge in [-0.15, -0.1) is 0 Å².